The van der Waals surface area contributed by atoms with Gasteiger partial charge in [0.15, 0.2) is 0 Å². The maximum atomic E-state index is 2.38. The molecule has 0 fully saturated rings. The third kappa shape index (κ3) is 3.27. The third-order valence-electron chi connectivity index (χ3n) is 3.68. The van der Waals surface area contributed by atoms with Crippen molar-refractivity contribution in [2.45, 2.75) is 44.4 Å². The molecule has 0 aliphatic carbocycles. The minimum absolute atomic E-state index is 0.163. The number of hydrogen-bond donors (Lipinski definition) is 0. The van der Waals surface area contributed by atoms with E-state index in [9.17, 15) is 0 Å². The second kappa shape index (κ2) is 6.05. The van der Waals surface area contributed by atoms with Crippen LogP contribution in [0.4, 0.5) is 0 Å². The summed E-state index contributed by atoms with van der Waals surface area (Å²) in [5.41, 5.74) is 5.71. The van der Waals surface area contributed by atoms with E-state index in [1.54, 1.807) is 11.8 Å². The predicted molar refractivity (Wildman–Crippen MR) is 91.7 cm³/mol. The minimum Gasteiger partial charge on any atom is -0.130 e. The molecule has 2 aromatic carbocycles. The van der Waals surface area contributed by atoms with Gasteiger partial charge in [0.2, 0.25) is 0 Å². The van der Waals surface area contributed by atoms with Crippen LogP contribution >= 0.6 is 11.8 Å². The average Bonchev–Trinajstić information content (AvgIpc) is 2.45. The van der Waals surface area contributed by atoms with Gasteiger partial charge in [0.25, 0.3) is 0 Å². The molecule has 0 radical (unpaired) electrons. The molecule has 0 atom stereocenters. The second-order valence-corrected chi connectivity index (χ2v) is 7.10. The van der Waals surface area contributed by atoms with Crippen molar-refractivity contribution in [3.8, 4) is 11.1 Å². The molecule has 0 unspecified atom stereocenters. The highest BCUT2D eigenvalue weighted by Gasteiger charge is 2.19. The van der Waals surface area contributed by atoms with Gasteiger partial charge in [-0.25, -0.2) is 0 Å². The van der Waals surface area contributed by atoms with E-state index in [1.165, 1.54) is 27.1 Å². The van der Waals surface area contributed by atoms with Crippen LogP contribution in [0, 0.1) is 0 Å². The fourth-order valence-corrected chi connectivity index (χ4v) is 2.93. The highest BCUT2D eigenvalue weighted by atomic mass is 32.2. The highest BCUT2D eigenvalue weighted by Crippen LogP contribution is 2.35. The number of rotatable bonds is 3. The van der Waals surface area contributed by atoms with E-state index in [2.05, 4.69) is 76.4 Å². The van der Waals surface area contributed by atoms with Crippen LogP contribution in [0.25, 0.3) is 11.1 Å². The van der Waals surface area contributed by atoms with Gasteiger partial charge in [-0.1, -0.05) is 58.0 Å². The quantitative estimate of drug-likeness (QED) is 0.629. The molecule has 106 valence electrons. The fourth-order valence-electron chi connectivity index (χ4n) is 2.47. The summed E-state index contributed by atoms with van der Waals surface area (Å²) in [5.74, 6) is 0. The molecule has 0 aliphatic heterocycles. The lowest BCUT2D eigenvalue weighted by molar-refractivity contribution is 0.591. The summed E-state index contributed by atoms with van der Waals surface area (Å²) in [4.78, 5) is 1.32. The van der Waals surface area contributed by atoms with Gasteiger partial charge < -0.3 is 0 Å². The predicted octanol–water partition coefficient (Wildman–Crippen LogP) is 5.94. The third-order valence-corrected chi connectivity index (χ3v) is 4.41. The largest absolute Gasteiger partial charge is 0.130 e. The number of hydrogen-bond acceptors (Lipinski definition) is 1. The van der Waals surface area contributed by atoms with Gasteiger partial charge in [0.1, 0.15) is 0 Å². The summed E-state index contributed by atoms with van der Waals surface area (Å²) < 4.78 is 0. The Hall–Kier alpha value is -1.21. The van der Waals surface area contributed by atoms with E-state index in [0.29, 0.717) is 0 Å². The number of benzene rings is 2. The topological polar surface area (TPSA) is 0 Å². The summed E-state index contributed by atoms with van der Waals surface area (Å²) in [5, 5.41) is 0. The van der Waals surface area contributed by atoms with Crippen molar-refractivity contribution >= 4 is 11.8 Å². The molecule has 0 aromatic heterocycles. The molecule has 0 bridgehead atoms. The summed E-state index contributed by atoms with van der Waals surface area (Å²) >= 11 is 1.80. The molecule has 0 spiro atoms. The zero-order valence-electron chi connectivity index (χ0n) is 13.2. The van der Waals surface area contributed by atoms with Crippen molar-refractivity contribution in [3.05, 3.63) is 53.6 Å². The van der Waals surface area contributed by atoms with Crippen LogP contribution in [0.1, 0.15) is 38.8 Å². The van der Waals surface area contributed by atoms with Crippen molar-refractivity contribution in [1.29, 1.82) is 0 Å². The Labute approximate surface area is 127 Å². The van der Waals surface area contributed by atoms with E-state index >= 15 is 0 Å². The molecular weight excluding hydrogens is 260 g/mol. The first-order valence-electron chi connectivity index (χ1n) is 7.23. The molecule has 0 heterocycles. The fraction of sp³-hybridized carbons (Fsp3) is 0.368. The first kappa shape index (κ1) is 15.2. The Balaban J connectivity index is 2.60. The molecule has 0 amide bonds. The van der Waals surface area contributed by atoms with E-state index in [-0.39, 0.29) is 5.41 Å². The van der Waals surface area contributed by atoms with Gasteiger partial charge in [-0.15, -0.1) is 11.8 Å². The van der Waals surface area contributed by atoms with Crippen molar-refractivity contribution in [2.75, 3.05) is 6.26 Å². The molecule has 0 nitrogen and oxygen atoms in total. The standard InChI is InChI=1S/C19H24S/c1-6-14-10-11-17(18(12-14)19(2,3)4)15-8-7-9-16(13-15)20-5/h7-13H,6H2,1-5H3. The summed E-state index contributed by atoms with van der Waals surface area (Å²) in [6.45, 7) is 9.10. The summed E-state index contributed by atoms with van der Waals surface area (Å²) in [6.07, 6.45) is 3.22. The number of thioether (sulfide) groups is 1. The van der Waals surface area contributed by atoms with E-state index in [4.69, 9.17) is 0 Å². The van der Waals surface area contributed by atoms with Crippen LogP contribution in [-0.2, 0) is 11.8 Å². The van der Waals surface area contributed by atoms with Gasteiger partial charge in [0.05, 0.1) is 0 Å². The van der Waals surface area contributed by atoms with E-state index < -0.39 is 0 Å². The molecule has 1 heteroatoms. The molecule has 2 rings (SSSR count). The maximum Gasteiger partial charge on any atom is 0.00752 e. The lowest BCUT2D eigenvalue weighted by atomic mass is 9.81. The van der Waals surface area contributed by atoms with Crippen LogP contribution < -0.4 is 0 Å². The lowest BCUT2D eigenvalue weighted by Gasteiger charge is -2.24. The highest BCUT2D eigenvalue weighted by molar-refractivity contribution is 7.98. The Morgan fingerprint density at radius 3 is 2.35 bits per heavy atom. The molecule has 0 saturated heterocycles. The first-order chi connectivity index (χ1) is 9.45. The van der Waals surface area contributed by atoms with Crippen molar-refractivity contribution in [2.24, 2.45) is 0 Å². The maximum absolute atomic E-state index is 2.38. The van der Waals surface area contributed by atoms with E-state index in [1.807, 2.05) is 0 Å². The number of aryl methyl sites for hydroxylation is 1. The molecule has 0 saturated carbocycles. The SMILES string of the molecule is CCc1ccc(-c2cccc(SC)c2)c(C(C)(C)C)c1. The zero-order chi connectivity index (χ0) is 14.8. The Bertz CT molecular complexity index is 591. The molecule has 0 N–H and O–H groups in total. The van der Waals surface area contributed by atoms with Crippen LogP contribution in [-0.4, -0.2) is 6.26 Å². The molecular formula is C19H24S. The Morgan fingerprint density at radius 1 is 1.00 bits per heavy atom. The van der Waals surface area contributed by atoms with Crippen LogP contribution in [0.3, 0.4) is 0 Å². The van der Waals surface area contributed by atoms with E-state index in [0.717, 1.165) is 6.42 Å². The smallest absolute Gasteiger partial charge is 0.00752 e. The second-order valence-electron chi connectivity index (χ2n) is 6.22. The van der Waals surface area contributed by atoms with Crippen molar-refractivity contribution < 1.29 is 0 Å². The van der Waals surface area contributed by atoms with Gasteiger partial charge in [-0.2, -0.15) is 0 Å². The summed E-state index contributed by atoms with van der Waals surface area (Å²) in [6, 6.07) is 15.8. The van der Waals surface area contributed by atoms with Gasteiger partial charge in [-0.05, 0) is 52.5 Å². The Morgan fingerprint density at radius 2 is 1.75 bits per heavy atom. The van der Waals surface area contributed by atoms with Crippen molar-refractivity contribution in [1.82, 2.24) is 0 Å². The lowest BCUT2D eigenvalue weighted by Crippen LogP contribution is -2.13. The normalized spacial score (nSPS) is 11.7. The molecule has 0 aliphatic rings. The Kier molecular flexibility index (Phi) is 4.59. The van der Waals surface area contributed by atoms with Gasteiger partial charge >= 0.3 is 0 Å². The van der Waals surface area contributed by atoms with Crippen LogP contribution in [0.2, 0.25) is 0 Å². The van der Waals surface area contributed by atoms with Gasteiger partial charge in [0, 0.05) is 4.90 Å². The minimum atomic E-state index is 0.163. The van der Waals surface area contributed by atoms with Crippen molar-refractivity contribution in [3.63, 3.8) is 0 Å². The van der Waals surface area contributed by atoms with Crippen LogP contribution in [0.15, 0.2) is 47.4 Å². The average molecular weight is 284 g/mol. The van der Waals surface area contributed by atoms with Crippen LogP contribution in [0.5, 0.6) is 0 Å². The molecule has 20 heavy (non-hydrogen) atoms. The monoisotopic (exact) mass is 284 g/mol. The zero-order valence-corrected chi connectivity index (χ0v) is 14.0. The summed E-state index contributed by atoms with van der Waals surface area (Å²) in [7, 11) is 0. The first-order valence-corrected chi connectivity index (χ1v) is 8.46. The van der Waals surface area contributed by atoms with Gasteiger partial charge in [-0.3, -0.25) is 0 Å². The molecule has 2 aromatic rings.